The number of aromatic nitrogens is 1. The second kappa shape index (κ2) is 6.83. The summed E-state index contributed by atoms with van der Waals surface area (Å²) in [6.45, 7) is 0. The van der Waals surface area contributed by atoms with Crippen LogP contribution < -0.4 is 10.6 Å². The average Bonchev–Trinajstić information content (AvgIpc) is 3.29. The van der Waals surface area contributed by atoms with E-state index in [1.54, 1.807) is 5.38 Å². The highest BCUT2D eigenvalue weighted by Gasteiger charge is 2.31. The molecule has 1 fully saturated rings. The molecule has 0 bridgehead atoms. The first kappa shape index (κ1) is 17.4. The van der Waals surface area contributed by atoms with Crippen LogP contribution in [0.15, 0.2) is 29.6 Å². The number of rotatable bonds is 5. The van der Waals surface area contributed by atoms with E-state index >= 15 is 0 Å². The number of hydrogen-bond donors (Lipinski definition) is 2. The summed E-state index contributed by atoms with van der Waals surface area (Å²) >= 11 is 1.21. The Hall–Kier alpha value is -2.42. The first-order valence-electron chi connectivity index (χ1n) is 7.53. The highest BCUT2D eigenvalue weighted by atomic mass is 32.1. The highest BCUT2D eigenvalue weighted by Crippen LogP contribution is 2.31. The first-order chi connectivity index (χ1) is 11.8. The van der Waals surface area contributed by atoms with Crippen molar-refractivity contribution in [3.05, 3.63) is 40.9 Å². The lowest BCUT2D eigenvalue weighted by molar-refractivity contribution is -0.137. The quantitative estimate of drug-likeness (QED) is 0.844. The summed E-state index contributed by atoms with van der Waals surface area (Å²) in [6.07, 6.45) is -2.80. The molecule has 0 radical (unpaired) electrons. The van der Waals surface area contributed by atoms with E-state index in [1.165, 1.54) is 23.5 Å². The van der Waals surface area contributed by atoms with E-state index < -0.39 is 17.6 Å². The Morgan fingerprint density at radius 2 is 2.00 bits per heavy atom. The first-order valence-corrected chi connectivity index (χ1v) is 8.41. The number of carbonyl (C=O) groups is 2. The summed E-state index contributed by atoms with van der Waals surface area (Å²) in [5.74, 6) is -0.504. The van der Waals surface area contributed by atoms with Crippen LogP contribution in [0.25, 0.3) is 0 Å². The lowest BCUT2D eigenvalue weighted by atomic mass is 10.2. The van der Waals surface area contributed by atoms with Crippen molar-refractivity contribution in [2.75, 3.05) is 10.6 Å². The minimum Gasteiger partial charge on any atom is -0.326 e. The standard InChI is InChI=1S/C16H14F3N3O2S/c17-16(18,19)10-2-1-3-11(6-10)20-13(23)7-12-8-25-15(21-12)22-14(24)9-4-5-9/h1-3,6,8-9H,4-5,7H2,(H,20,23)(H,21,22,24). The molecule has 3 rings (SSSR count). The van der Waals surface area contributed by atoms with Crippen molar-refractivity contribution in [2.24, 2.45) is 5.92 Å². The van der Waals surface area contributed by atoms with Crippen LogP contribution >= 0.6 is 11.3 Å². The van der Waals surface area contributed by atoms with Gasteiger partial charge in [0, 0.05) is 17.0 Å². The van der Waals surface area contributed by atoms with Gasteiger partial charge in [0.05, 0.1) is 17.7 Å². The monoisotopic (exact) mass is 369 g/mol. The van der Waals surface area contributed by atoms with E-state index in [2.05, 4.69) is 15.6 Å². The minimum atomic E-state index is -4.47. The number of amides is 2. The lowest BCUT2D eigenvalue weighted by Crippen LogP contribution is -2.16. The van der Waals surface area contributed by atoms with Crippen molar-refractivity contribution in [3.8, 4) is 0 Å². The van der Waals surface area contributed by atoms with Crippen LogP contribution in [0.3, 0.4) is 0 Å². The topological polar surface area (TPSA) is 71.1 Å². The van der Waals surface area contributed by atoms with Gasteiger partial charge in [-0.3, -0.25) is 9.59 Å². The Morgan fingerprint density at radius 3 is 2.68 bits per heavy atom. The molecule has 0 aliphatic heterocycles. The predicted molar refractivity (Wildman–Crippen MR) is 87.2 cm³/mol. The van der Waals surface area contributed by atoms with E-state index in [0.717, 1.165) is 25.0 Å². The Labute approximate surface area is 145 Å². The summed E-state index contributed by atoms with van der Waals surface area (Å²) in [5.41, 5.74) is -0.318. The molecule has 1 aliphatic rings. The smallest absolute Gasteiger partial charge is 0.326 e. The fraction of sp³-hybridized carbons (Fsp3) is 0.312. The molecule has 1 saturated carbocycles. The molecule has 2 N–H and O–H groups in total. The Balaban J connectivity index is 1.57. The number of nitrogens with one attached hydrogen (secondary N) is 2. The van der Waals surface area contributed by atoms with Crippen molar-refractivity contribution in [1.82, 2.24) is 4.98 Å². The number of thiazole rings is 1. The van der Waals surface area contributed by atoms with Gasteiger partial charge in [0.15, 0.2) is 5.13 Å². The number of nitrogens with zero attached hydrogens (tertiary/aromatic N) is 1. The van der Waals surface area contributed by atoms with Crippen molar-refractivity contribution in [3.63, 3.8) is 0 Å². The number of halogens is 3. The van der Waals surface area contributed by atoms with E-state index in [0.29, 0.717) is 10.8 Å². The Kier molecular flexibility index (Phi) is 4.76. The van der Waals surface area contributed by atoms with E-state index in [1.807, 2.05) is 0 Å². The van der Waals surface area contributed by atoms with Crippen LogP contribution in [-0.2, 0) is 22.2 Å². The third-order valence-electron chi connectivity index (χ3n) is 3.55. The van der Waals surface area contributed by atoms with Crippen molar-refractivity contribution < 1.29 is 22.8 Å². The van der Waals surface area contributed by atoms with Gasteiger partial charge in [0.25, 0.3) is 0 Å². The molecule has 1 aromatic heterocycles. The third kappa shape index (κ3) is 4.79. The van der Waals surface area contributed by atoms with Gasteiger partial charge in [0.1, 0.15) is 0 Å². The van der Waals surface area contributed by atoms with Gasteiger partial charge in [-0.15, -0.1) is 11.3 Å². The molecule has 0 spiro atoms. The SMILES string of the molecule is O=C(Cc1csc(NC(=O)C2CC2)n1)Nc1cccc(C(F)(F)F)c1. The maximum Gasteiger partial charge on any atom is 0.416 e. The van der Waals surface area contributed by atoms with Crippen molar-refractivity contribution >= 4 is 34.0 Å². The highest BCUT2D eigenvalue weighted by molar-refractivity contribution is 7.13. The zero-order valence-corrected chi connectivity index (χ0v) is 13.7. The fourth-order valence-corrected chi connectivity index (χ4v) is 2.85. The second-order valence-corrected chi connectivity index (χ2v) is 6.57. The number of anilines is 2. The molecular weight excluding hydrogens is 355 g/mol. The van der Waals surface area contributed by atoms with Crippen LogP contribution in [0.1, 0.15) is 24.1 Å². The summed E-state index contributed by atoms with van der Waals surface area (Å²) in [4.78, 5) is 27.8. The molecular formula is C16H14F3N3O2S. The zero-order chi connectivity index (χ0) is 18.0. The number of alkyl halides is 3. The van der Waals surface area contributed by atoms with Gasteiger partial charge in [-0.25, -0.2) is 4.98 Å². The number of benzene rings is 1. The summed E-state index contributed by atoms with van der Waals surface area (Å²) in [5, 5.41) is 7.15. The molecule has 1 heterocycles. The average molecular weight is 369 g/mol. The van der Waals surface area contributed by atoms with Crippen molar-refractivity contribution in [2.45, 2.75) is 25.4 Å². The summed E-state index contributed by atoms with van der Waals surface area (Å²) in [6, 6.07) is 4.42. The lowest BCUT2D eigenvalue weighted by Gasteiger charge is -2.09. The Morgan fingerprint density at radius 1 is 1.24 bits per heavy atom. The molecule has 5 nitrogen and oxygen atoms in total. The minimum absolute atomic E-state index is 0.0524. The van der Waals surface area contributed by atoms with Crippen LogP contribution in [0.4, 0.5) is 24.0 Å². The van der Waals surface area contributed by atoms with Gasteiger partial charge in [-0.2, -0.15) is 13.2 Å². The maximum atomic E-state index is 12.7. The van der Waals surface area contributed by atoms with E-state index in [-0.39, 0.29) is 23.9 Å². The van der Waals surface area contributed by atoms with Crippen LogP contribution in [0, 0.1) is 5.92 Å². The summed E-state index contributed by atoms with van der Waals surface area (Å²) in [7, 11) is 0. The van der Waals surface area contributed by atoms with Crippen molar-refractivity contribution in [1.29, 1.82) is 0 Å². The molecule has 2 aromatic rings. The van der Waals surface area contributed by atoms with Gasteiger partial charge in [0.2, 0.25) is 11.8 Å². The molecule has 0 unspecified atom stereocenters. The normalized spacial score (nSPS) is 14.2. The molecule has 9 heteroatoms. The molecule has 1 aliphatic carbocycles. The number of carbonyl (C=O) groups excluding carboxylic acids is 2. The van der Waals surface area contributed by atoms with E-state index in [9.17, 15) is 22.8 Å². The fourth-order valence-electron chi connectivity index (χ4n) is 2.14. The maximum absolute atomic E-state index is 12.7. The predicted octanol–water partition coefficient (Wildman–Crippen LogP) is 3.69. The zero-order valence-electron chi connectivity index (χ0n) is 12.9. The molecule has 2 amide bonds. The molecule has 25 heavy (non-hydrogen) atoms. The van der Waals surface area contributed by atoms with Crippen LogP contribution in [-0.4, -0.2) is 16.8 Å². The van der Waals surface area contributed by atoms with Gasteiger partial charge in [-0.05, 0) is 31.0 Å². The molecule has 0 atom stereocenters. The second-order valence-electron chi connectivity index (χ2n) is 5.71. The van der Waals surface area contributed by atoms with Crippen LogP contribution in [0.5, 0.6) is 0 Å². The molecule has 1 aromatic carbocycles. The molecule has 0 saturated heterocycles. The van der Waals surface area contributed by atoms with E-state index in [4.69, 9.17) is 0 Å². The largest absolute Gasteiger partial charge is 0.416 e. The number of hydrogen-bond acceptors (Lipinski definition) is 4. The summed E-state index contributed by atoms with van der Waals surface area (Å²) < 4.78 is 38.0. The van der Waals surface area contributed by atoms with Gasteiger partial charge >= 0.3 is 6.18 Å². The van der Waals surface area contributed by atoms with Crippen LogP contribution in [0.2, 0.25) is 0 Å². The van der Waals surface area contributed by atoms with Gasteiger partial charge in [-0.1, -0.05) is 6.07 Å². The third-order valence-corrected chi connectivity index (χ3v) is 4.35. The van der Waals surface area contributed by atoms with Gasteiger partial charge < -0.3 is 10.6 Å². The Bertz CT molecular complexity index is 800. The molecule has 132 valence electrons.